The zero-order chi connectivity index (χ0) is 16.6. The van der Waals surface area contributed by atoms with E-state index in [4.69, 9.17) is 0 Å². The molecule has 0 radical (unpaired) electrons. The van der Waals surface area contributed by atoms with Crippen molar-refractivity contribution in [1.29, 1.82) is 0 Å². The Bertz CT molecular complexity index is 865. The van der Waals surface area contributed by atoms with Gasteiger partial charge in [-0.05, 0) is 28.7 Å². The van der Waals surface area contributed by atoms with Gasteiger partial charge in [0.2, 0.25) is 0 Å². The van der Waals surface area contributed by atoms with Gasteiger partial charge in [0.15, 0.2) is 18.1 Å². The number of imidazole rings is 1. The summed E-state index contributed by atoms with van der Waals surface area (Å²) in [5.74, 6) is -1.70. The first-order valence-corrected chi connectivity index (χ1v) is 7.25. The van der Waals surface area contributed by atoms with Gasteiger partial charge in [0, 0.05) is 18.0 Å². The average molecular weight is 438 g/mol. The molecule has 0 fully saturated rings. The highest BCUT2D eigenvalue weighted by Crippen LogP contribution is 2.24. The standard InChI is InChI=1S/C13H7F4IN4O/c14-8-1-7(2-21-12(8)23-6-13(15,16)17)9-5-22-10(18)3-20-11(22)4-19-9/h1-5H,6H2. The van der Waals surface area contributed by atoms with Crippen molar-refractivity contribution in [3.05, 3.63) is 40.4 Å². The lowest BCUT2D eigenvalue weighted by atomic mass is 10.2. The first kappa shape index (κ1) is 15.9. The lowest BCUT2D eigenvalue weighted by Gasteiger charge is -2.09. The van der Waals surface area contributed by atoms with Crippen LogP contribution in [0.4, 0.5) is 17.6 Å². The van der Waals surface area contributed by atoms with Crippen LogP contribution < -0.4 is 4.74 Å². The molecule has 0 aliphatic carbocycles. The molecule has 0 aromatic carbocycles. The molecule has 3 heterocycles. The molecule has 3 rings (SSSR count). The zero-order valence-corrected chi connectivity index (χ0v) is 13.3. The predicted octanol–water partition coefficient (Wildman–Crippen LogP) is 3.48. The summed E-state index contributed by atoms with van der Waals surface area (Å²) in [6, 6.07) is 1.02. The second kappa shape index (κ2) is 5.91. The lowest BCUT2D eigenvalue weighted by molar-refractivity contribution is -0.154. The molecule has 3 aromatic heterocycles. The van der Waals surface area contributed by atoms with E-state index in [1.807, 2.05) is 0 Å². The van der Waals surface area contributed by atoms with Gasteiger partial charge in [-0.15, -0.1) is 0 Å². The van der Waals surface area contributed by atoms with Crippen molar-refractivity contribution in [3.63, 3.8) is 0 Å². The van der Waals surface area contributed by atoms with Crippen LogP contribution in [0.1, 0.15) is 0 Å². The minimum absolute atomic E-state index is 0.313. The Hall–Kier alpha value is -1.98. The van der Waals surface area contributed by atoms with Crippen LogP contribution in [0.15, 0.2) is 30.9 Å². The molecule has 0 bridgehead atoms. The minimum atomic E-state index is -4.56. The number of nitrogens with zero attached hydrogens (tertiary/aromatic N) is 4. The van der Waals surface area contributed by atoms with Crippen LogP contribution in [0.2, 0.25) is 0 Å². The van der Waals surface area contributed by atoms with E-state index < -0.39 is 24.5 Å². The van der Waals surface area contributed by atoms with Gasteiger partial charge >= 0.3 is 6.18 Å². The number of aromatic nitrogens is 4. The molecule has 23 heavy (non-hydrogen) atoms. The second-order valence-corrected chi connectivity index (χ2v) is 5.60. The van der Waals surface area contributed by atoms with Crippen LogP contribution in [0, 0.1) is 9.52 Å². The van der Waals surface area contributed by atoms with Crippen molar-refractivity contribution in [2.45, 2.75) is 6.18 Å². The lowest BCUT2D eigenvalue weighted by Crippen LogP contribution is -2.20. The molecule has 0 saturated carbocycles. The summed E-state index contributed by atoms with van der Waals surface area (Å²) in [5, 5.41) is 0. The summed E-state index contributed by atoms with van der Waals surface area (Å²) in [6.07, 6.45) is 1.43. The Kier molecular flexibility index (Phi) is 4.08. The molecule has 10 heteroatoms. The maximum Gasteiger partial charge on any atom is 0.422 e. The van der Waals surface area contributed by atoms with Crippen molar-refractivity contribution < 1.29 is 22.3 Å². The number of rotatable bonds is 3. The van der Waals surface area contributed by atoms with Gasteiger partial charge in [0.05, 0.1) is 18.1 Å². The van der Waals surface area contributed by atoms with Gasteiger partial charge in [-0.2, -0.15) is 13.2 Å². The summed E-state index contributed by atoms with van der Waals surface area (Å²) < 4.78 is 57.0. The number of fused-ring (bicyclic) bond motifs is 1. The summed E-state index contributed by atoms with van der Waals surface area (Å²) in [7, 11) is 0. The van der Waals surface area contributed by atoms with Crippen LogP contribution >= 0.6 is 22.6 Å². The topological polar surface area (TPSA) is 52.3 Å². The molecule has 3 aromatic rings. The maximum absolute atomic E-state index is 13.8. The first-order chi connectivity index (χ1) is 10.8. The van der Waals surface area contributed by atoms with Crippen molar-refractivity contribution in [2.75, 3.05) is 6.61 Å². The van der Waals surface area contributed by atoms with E-state index in [-0.39, 0.29) is 0 Å². The second-order valence-electron chi connectivity index (χ2n) is 4.50. The molecule has 0 N–H and O–H groups in total. The van der Waals surface area contributed by atoms with Crippen LogP contribution in [0.3, 0.4) is 0 Å². The van der Waals surface area contributed by atoms with Gasteiger partial charge in [0.1, 0.15) is 3.70 Å². The SMILES string of the molecule is Fc1cc(-c2cn3c(I)cnc3cn2)cnc1OCC(F)(F)F. The quantitative estimate of drug-likeness (QED) is 0.465. The van der Waals surface area contributed by atoms with Crippen molar-refractivity contribution >= 4 is 28.2 Å². The first-order valence-electron chi connectivity index (χ1n) is 6.17. The molecule has 5 nitrogen and oxygen atoms in total. The van der Waals surface area contributed by atoms with Gasteiger partial charge in [-0.1, -0.05) is 0 Å². The number of ether oxygens (including phenoxy) is 1. The molecule has 0 aliphatic rings. The highest BCUT2D eigenvalue weighted by atomic mass is 127. The Morgan fingerprint density at radius 2 is 1.91 bits per heavy atom. The fourth-order valence-electron chi connectivity index (χ4n) is 1.83. The number of halogens is 5. The summed E-state index contributed by atoms with van der Waals surface area (Å²) in [5.41, 5.74) is 1.34. The average Bonchev–Trinajstić information content (AvgIpc) is 2.86. The van der Waals surface area contributed by atoms with Gasteiger partial charge < -0.3 is 4.74 Å². The van der Waals surface area contributed by atoms with E-state index in [1.165, 1.54) is 12.4 Å². The molecule has 0 aliphatic heterocycles. The third-order valence-corrected chi connectivity index (χ3v) is 3.62. The number of hydrogen-bond donors (Lipinski definition) is 0. The Morgan fingerprint density at radius 1 is 1.13 bits per heavy atom. The Balaban J connectivity index is 1.90. The Labute approximate surface area is 140 Å². The van der Waals surface area contributed by atoms with Gasteiger partial charge in [0.25, 0.3) is 5.88 Å². The fraction of sp³-hybridized carbons (Fsp3) is 0.154. The van der Waals surface area contributed by atoms with Crippen LogP contribution in [-0.4, -0.2) is 32.1 Å². The van der Waals surface area contributed by atoms with Crippen LogP contribution in [-0.2, 0) is 0 Å². The highest BCUT2D eigenvalue weighted by Gasteiger charge is 2.29. The molecule has 0 saturated heterocycles. The molecule has 0 atom stereocenters. The monoisotopic (exact) mass is 438 g/mol. The van der Waals surface area contributed by atoms with E-state index in [0.29, 0.717) is 16.9 Å². The predicted molar refractivity (Wildman–Crippen MR) is 80.4 cm³/mol. The normalized spacial score (nSPS) is 11.9. The van der Waals surface area contributed by atoms with E-state index in [1.54, 1.807) is 16.8 Å². The molecular weight excluding hydrogens is 431 g/mol. The largest absolute Gasteiger partial charge is 0.466 e. The van der Waals surface area contributed by atoms with Gasteiger partial charge in [-0.25, -0.2) is 14.4 Å². The third-order valence-electron chi connectivity index (χ3n) is 2.83. The van der Waals surface area contributed by atoms with Crippen molar-refractivity contribution in [1.82, 2.24) is 19.4 Å². The minimum Gasteiger partial charge on any atom is -0.466 e. The van der Waals surface area contributed by atoms with E-state index in [0.717, 1.165) is 9.77 Å². The summed E-state index contributed by atoms with van der Waals surface area (Å²) >= 11 is 2.08. The molecular formula is C13H7F4IN4O. The highest BCUT2D eigenvalue weighted by molar-refractivity contribution is 14.1. The summed E-state index contributed by atoms with van der Waals surface area (Å²) in [6.45, 7) is -1.60. The van der Waals surface area contributed by atoms with E-state index >= 15 is 0 Å². The maximum atomic E-state index is 13.8. The smallest absolute Gasteiger partial charge is 0.422 e. The molecule has 120 valence electrons. The van der Waals surface area contributed by atoms with Crippen molar-refractivity contribution in [2.24, 2.45) is 0 Å². The fourth-order valence-corrected chi connectivity index (χ4v) is 2.36. The van der Waals surface area contributed by atoms with Crippen LogP contribution in [0.5, 0.6) is 5.88 Å². The molecule has 0 amide bonds. The van der Waals surface area contributed by atoms with E-state index in [2.05, 4.69) is 42.3 Å². The van der Waals surface area contributed by atoms with Crippen LogP contribution in [0.25, 0.3) is 16.9 Å². The number of alkyl halides is 3. The molecule has 0 unspecified atom stereocenters. The number of pyridine rings is 1. The van der Waals surface area contributed by atoms with Crippen molar-refractivity contribution in [3.8, 4) is 17.1 Å². The zero-order valence-electron chi connectivity index (χ0n) is 11.2. The number of hydrogen-bond acceptors (Lipinski definition) is 4. The van der Waals surface area contributed by atoms with E-state index in [9.17, 15) is 17.6 Å². The summed E-state index contributed by atoms with van der Waals surface area (Å²) in [4.78, 5) is 11.8. The third kappa shape index (κ3) is 3.51. The van der Waals surface area contributed by atoms with Gasteiger partial charge in [-0.3, -0.25) is 9.38 Å². The Morgan fingerprint density at radius 3 is 2.61 bits per heavy atom. The molecule has 0 spiro atoms.